The lowest BCUT2D eigenvalue weighted by atomic mass is 9.73. The number of aromatic nitrogens is 1. The van der Waals surface area contributed by atoms with Gasteiger partial charge in [-0.2, -0.15) is 0 Å². The van der Waals surface area contributed by atoms with Gasteiger partial charge in [-0.3, -0.25) is 14.6 Å². The van der Waals surface area contributed by atoms with Gasteiger partial charge in [-0.15, -0.1) is 0 Å². The van der Waals surface area contributed by atoms with Crippen molar-refractivity contribution in [3.63, 3.8) is 0 Å². The zero-order valence-electron chi connectivity index (χ0n) is 18.8. The normalized spacial score (nSPS) is 22.0. The fraction of sp³-hybridized carbons (Fsp3) is 0.296. The Kier molecular flexibility index (Phi) is 5.68. The average Bonchev–Trinajstić information content (AvgIpc) is 2.83. The highest BCUT2D eigenvalue weighted by Crippen LogP contribution is 2.43. The molecule has 0 radical (unpaired) electrons. The number of piperazine rings is 1. The second-order valence-corrected chi connectivity index (χ2v) is 8.78. The van der Waals surface area contributed by atoms with E-state index >= 15 is 0 Å². The molecule has 2 saturated heterocycles. The number of aryl methyl sites for hydroxylation is 1. The number of fused-ring (bicyclic) bond motifs is 1. The van der Waals surface area contributed by atoms with E-state index in [1.807, 2.05) is 11.0 Å². The number of methoxy groups -OCH3 is 1. The molecule has 0 aliphatic carbocycles. The molecular weight excluding hydrogens is 414 g/mol. The van der Waals surface area contributed by atoms with Crippen LogP contribution in [-0.4, -0.2) is 65.5 Å². The molecular formula is C27H27N3O3. The first kappa shape index (κ1) is 21.3. The molecule has 0 bridgehead atoms. The summed E-state index contributed by atoms with van der Waals surface area (Å²) in [6.45, 7) is 3.20. The SMILES string of the molecule is COC[C@H]1[C@H](c2ccc(-c3ccccc3C)cc2)[C@@H]2CN(C(=O)c3ccncc3)CC(=O)N12. The fourth-order valence-electron chi connectivity index (χ4n) is 5.27. The molecule has 3 heterocycles. The third kappa shape index (κ3) is 3.80. The van der Waals surface area contributed by atoms with E-state index in [2.05, 4.69) is 54.4 Å². The Morgan fingerprint density at radius 2 is 1.79 bits per heavy atom. The second kappa shape index (κ2) is 8.79. The molecule has 2 aliphatic heterocycles. The molecule has 33 heavy (non-hydrogen) atoms. The lowest BCUT2D eigenvalue weighted by Crippen LogP contribution is -2.73. The second-order valence-electron chi connectivity index (χ2n) is 8.78. The van der Waals surface area contributed by atoms with Crippen LogP contribution >= 0.6 is 0 Å². The van der Waals surface area contributed by atoms with Crippen LogP contribution < -0.4 is 0 Å². The van der Waals surface area contributed by atoms with Gasteiger partial charge >= 0.3 is 0 Å². The summed E-state index contributed by atoms with van der Waals surface area (Å²) in [4.78, 5) is 33.6. The van der Waals surface area contributed by atoms with Crippen molar-refractivity contribution in [1.29, 1.82) is 0 Å². The summed E-state index contributed by atoms with van der Waals surface area (Å²) in [5.41, 5.74) is 5.35. The molecule has 1 aromatic heterocycles. The maximum absolute atomic E-state index is 13.0. The van der Waals surface area contributed by atoms with E-state index in [9.17, 15) is 9.59 Å². The number of pyridine rings is 1. The van der Waals surface area contributed by atoms with E-state index in [0.29, 0.717) is 18.7 Å². The largest absolute Gasteiger partial charge is 0.383 e. The van der Waals surface area contributed by atoms with Crippen LogP contribution in [0.5, 0.6) is 0 Å². The lowest BCUT2D eigenvalue weighted by Gasteiger charge is -2.59. The summed E-state index contributed by atoms with van der Waals surface area (Å²) in [5, 5.41) is 0. The zero-order valence-corrected chi connectivity index (χ0v) is 18.8. The number of hydrogen-bond donors (Lipinski definition) is 0. The van der Waals surface area contributed by atoms with Crippen LogP contribution in [-0.2, 0) is 9.53 Å². The van der Waals surface area contributed by atoms with Crippen molar-refractivity contribution >= 4 is 11.8 Å². The Hall–Kier alpha value is -3.51. The number of rotatable bonds is 5. The molecule has 0 unspecified atom stereocenters. The molecule has 6 nitrogen and oxygen atoms in total. The molecule has 0 spiro atoms. The molecule has 5 rings (SSSR count). The van der Waals surface area contributed by atoms with Crippen molar-refractivity contribution in [2.24, 2.45) is 0 Å². The molecule has 2 aliphatic rings. The van der Waals surface area contributed by atoms with E-state index in [-0.39, 0.29) is 36.4 Å². The molecule has 0 saturated carbocycles. The minimum atomic E-state index is -0.130. The number of ether oxygens (including phenoxy) is 1. The van der Waals surface area contributed by atoms with Crippen molar-refractivity contribution < 1.29 is 14.3 Å². The van der Waals surface area contributed by atoms with Gasteiger partial charge in [0.25, 0.3) is 5.91 Å². The van der Waals surface area contributed by atoms with Crippen LogP contribution in [0.15, 0.2) is 73.1 Å². The van der Waals surface area contributed by atoms with Crippen molar-refractivity contribution in [2.75, 3.05) is 26.8 Å². The molecule has 6 heteroatoms. The van der Waals surface area contributed by atoms with Crippen LogP contribution in [0.4, 0.5) is 0 Å². The van der Waals surface area contributed by atoms with E-state index in [4.69, 9.17) is 4.74 Å². The van der Waals surface area contributed by atoms with Crippen LogP contribution in [0.3, 0.4) is 0 Å². The van der Waals surface area contributed by atoms with Crippen molar-refractivity contribution in [1.82, 2.24) is 14.8 Å². The third-order valence-electron chi connectivity index (χ3n) is 6.87. The Bertz CT molecular complexity index is 1160. The van der Waals surface area contributed by atoms with Gasteiger partial charge in [0.05, 0.1) is 18.7 Å². The number of hydrogen-bond acceptors (Lipinski definition) is 4. The van der Waals surface area contributed by atoms with Crippen LogP contribution in [0.2, 0.25) is 0 Å². The van der Waals surface area contributed by atoms with Gasteiger partial charge in [0, 0.05) is 37.5 Å². The maximum Gasteiger partial charge on any atom is 0.254 e. The first-order valence-electron chi connectivity index (χ1n) is 11.2. The third-order valence-corrected chi connectivity index (χ3v) is 6.87. The first-order chi connectivity index (χ1) is 16.1. The number of carbonyl (C=O) groups excluding carboxylic acids is 2. The first-order valence-corrected chi connectivity index (χ1v) is 11.2. The standard InChI is InChI=1S/C27H27N3O3/c1-18-5-3-4-6-22(18)19-7-9-20(10-8-19)26-23-15-29(27(32)21-11-13-28-14-12-21)16-25(31)30(23)24(26)17-33-2/h3-14,23-24,26H,15-17H2,1-2H3/t23-,24-,26+/m0/s1. The number of carbonyl (C=O) groups is 2. The zero-order chi connectivity index (χ0) is 22.9. The Balaban J connectivity index is 1.41. The molecule has 3 aromatic rings. The smallest absolute Gasteiger partial charge is 0.254 e. The van der Waals surface area contributed by atoms with E-state index in [0.717, 1.165) is 0 Å². The Morgan fingerprint density at radius 1 is 1.06 bits per heavy atom. The summed E-state index contributed by atoms with van der Waals surface area (Å²) in [6.07, 6.45) is 3.20. The number of benzene rings is 2. The van der Waals surface area contributed by atoms with Crippen molar-refractivity contribution in [3.05, 3.63) is 89.7 Å². The summed E-state index contributed by atoms with van der Waals surface area (Å²) >= 11 is 0. The molecule has 168 valence electrons. The van der Waals surface area contributed by atoms with Crippen LogP contribution in [0.1, 0.15) is 27.4 Å². The highest BCUT2D eigenvalue weighted by atomic mass is 16.5. The van der Waals surface area contributed by atoms with Gasteiger partial charge in [-0.25, -0.2) is 0 Å². The predicted octanol–water partition coefficient (Wildman–Crippen LogP) is 3.52. The highest BCUT2D eigenvalue weighted by molar-refractivity contribution is 5.97. The Morgan fingerprint density at radius 3 is 2.48 bits per heavy atom. The summed E-state index contributed by atoms with van der Waals surface area (Å²) in [5.74, 6) is -0.0365. The molecule has 2 fully saturated rings. The molecule has 2 aromatic carbocycles. The van der Waals surface area contributed by atoms with Gasteiger partial charge in [-0.05, 0) is 41.3 Å². The number of nitrogens with zero attached hydrogens (tertiary/aromatic N) is 3. The lowest BCUT2D eigenvalue weighted by molar-refractivity contribution is -0.160. The van der Waals surface area contributed by atoms with Gasteiger partial charge in [0.1, 0.15) is 6.54 Å². The Labute approximate surface area is 193 Å². The van der Waals surface area contributed by atoms with E-state index in [1.54, 1.807) is 36.5 Å². The van der Waals surface area contributed by atoms with Crippen molar-refractivity contribution in [2.45, 2.75) is 24.9 Å². The average molecular weight is 442 g/mol. The van der Waals surface area contributed by atoms with Gasteiger partial charge < -0.3 is 14.5 Å². The monoisotopic (exact) mass is 441 g/mol. The molecule has 2 amide bonds. The molecule has 0 N–H and O–H groups in total. The summed E-state index contributed by atoms with van der Waals surface area (Å²) in [6, 6.07) is 20.3. The van der Waals surface area contributed by atoms with E-state index in [1.165, 1.54) is 22.3 Å². The fourth-order valence-corrected chi connectivity index (χ4v) is 5.27. The number of amides is 2. The quantitative estimate of drug-likeness (QED) is 0.608. The minimum absolute atomic E-state index is 0.0185. The summed E-state index contributed by atoms with van der Waals surface area (Å²) in [7, 11) is 1.67. The summed E-state index contributed by atoms with van der Waals surface area (Å²) < 4.78 is 5.47. The minimum Gasteiger partial charge on any atom is -0.383 e. The van der Waals surface area contributed by atoms with Gasteiger partial charge in [0.15, 0.2) is 0 Å². The maximum atomic E-state index is 13.0. The topological polar surface area (TPSA) is 62.7 Å². The van der Waals surface area contributed by atoms with Crippen molar-refractivity contribution in [3.8, 4) is 11.1 Å². The predicted molar refractivity (Wildman–Crippen MR) is 126 cm³/mol. The van der Waals surface area contributed by atoms with Gasteiger partial charge in [-0.1, -0.05) is 48.5 Å². The molecule has 3 atom stereocenters. The van der Waals surface area contributed by atoms with E-state index < -0.39 is 0 Å². The highest BCUT2D eigenvalue weighted by Gasteiger charge is 2.54. The van der Waals surface area contributed by atoms with Crippen LogP contribution in [0.25, 0.3) is 11.1 Å². The van der Waals surface area contributed by atoms with Crippen LogP contribution in [0, 0.1) is 6.92 Å². The van der Waals surface area contributed by atoms with Gasteiger partial charge in [0.2, 0.25) is 5.91 Å².